The quantitative estimate of drug-likeness (QED) is 0.768. The molecule has 1 saturated heterocycles. The van der Waals surface area contributed by atoms with Gasteiger partial charge in [0.1, 0.15) is 11.5 Å². The lowest BCUT2D eigenvalue weighted by Crippen LogP contribution is -2.53. The largest absolute Gasteiger partial charge is 0.465 e. The molecule has 1 aliphatic heterocycles. The average Bonchev–Trinajstić information content (AvgIpc) is 2.38. The summed E-state index contributed by atoms with van der Waals surface area (Å²) in [7, 11) is 0. The summed E-state index contributed by atoms with van der Waals surface area (Å²) in [5, 5.41) is 8.92. The van der Waals surface area contributed by atoms with E-state index in [0.29, 0.717) is 31.7 Å². The lowest BCUT2D eigenvalue weighted by Gasteiger charge is -2.39. The normalized spacial score (nSPS) is 19.7. The molecular weight excluding hydrogens is 236 g/mol. The van der Waals surface area contributed by atoms with E-state index in [1.54, 1.807) is 0 Å². The summed E-state index contributed by atoms with van der Waals surface area (Å²) >= 11 is 0. The Kier molecular flexibility index (Phi) is 3.40. The van der Waals surface area contributed by atoms with Gasteiger partial charge in [-0.2, -0.15) is 0 Å². The maximum absolute atomic E-state index is 10.9. The summed E-state index contributed by atoms with van der Waals surface area (Å²) in [4.78, 5) is 32.8. The van der Waals surface area contributed by atoms with Gasteiger partial charge in [-0.15, -0.1) is 0 Å². The lowest BCUT2D eigenvalue weighted by atomic mass is 10.2. The Morgan fingerprint density at radius 2 is 2.22 bits per heavy atom. The number of carbonyl (C=O) groups is 2. The molecule has 0 aromatic carbocycles. The Morgan fingerprint density at radius 3 is 2.72 bits per heavy atom. The molecule has 1 N–H and O–H groups in total. The van der Waals surface area contributed by atoms with Crippen LogP contribution in [-0.2, 0) is 0 Å². The van der Waals surface area contributed by atoms with Crippen molar-refractivity contribution in [1.29, 1.82) is 0 Å². The molecule has 18 heavy (non-hydrogen) atoms. The van der Waals surface area contributed by atoms with Crippen molar-refractivity contribution < 1.29 is 14.7 Å². The van der Waals surface area contributed by atoms with E-state index in [-0.39, 0.29) is 11.7 Å². The Hall–Kier alpha value is -2.18. The van der Waals surface area contributed by atoms with Crippen molar-refractivity contribution in [2.24, 2.45) is 0 Å². The Bertz CT molecular complexity index is 448. The average molecular weight is 250 g/mol. The molecular formula is C11H14N4O3. The number of hydrogen-bond donors (Lipinski definition) is 1. The monoisotopic (exact) mass is 250 g/mol. The number of anilines is 1. The number of aromatic nitrogens is 2. The fraction of sp³-hybridized carbons (Fsp3) is 0.455. The second-order valence-corrected chi connectivity index (χ2v) is 4.19. The van der Waals surface area contributed by atoms with Gasteiger partial charge in [0.05, 0.1) is 12.4 Å². The number of aldehydes is 1. The first-order valence-corrected chi connectivity index (χ1v) is 5.63. The minimum atomic E-state index is -0.899. The highest BCUT2D eigenvalue weighted by molar-refractivity contribution is 5.71. The summed E-state index contributed by atoms with van der Waals surface area (Å²) in [5.41, 5.74) is 0.288. The minimum absolute atomic E-state index is 0.0335. The van der Waals surface area contributed by atoms with Gasteiger partial charge in [0.2, 0.25) is 0 Å². The Labute approximate surface area is 104 Å². The molecule has 1 aromatic heterocycles. The van der Waals surface area contributed by atoms with E-state index in [1.165, 1.54) is 17.3 Å². The molecule has 0 saturated carbocycles. The highest BCUT2D eigenvalue weighted by atomic mass is 16.4. The molecule has 0 unspecified atom stereocenters. The van der Waals surface area contributed by atoms with E-state index in [4.69, 9.17) is 5.11 Å². The summed E-state index contributed by atoms with van der Waals surface area (Å²) in [6.45, 7) is 3.39. The van der Waals surface area contributed by atoms with Crippen LogP contribution >= 0.6 is 0 Å². The van der Waals surface area contributed by atoms with Gasteiger partial charge in [-0.1, -0.05) is 0 Å². The number of carbonyl (C=O) groups excluding carboxylic acids is 1. The van der Waals surface area contributed by atoms with E-state index < -0.39 is 6.09 Å². The summed E-state index contributed by atoms with van der Waals surface area (Å²) in [5.74, 6) is 0.665. The first-order valence-electron chi connectivity index (χ1n) is 5.63. The van der Waals surface area contributed by atoms with Crippen molar-refractivity contribution in [2.75, 3.05) is 24.5 Å². The highest BCUT2D eigenvalue weighted by Crippen LogP contribution is 2.17. The molecule has 1 aliphatic rings. The van der Waals surface area contributed by atoms with Crippen LogP contribution in [0.5, 0.6) is 0 Å². The molecule has 7 heteroatoms. The fourth-order valence-electron chi connectivity index (χ4n) is 2.01. The number of rotatable bonds is 2. The van der Waals surface area contributed by atoms with E-state index in [2.05, 4.69) is 9.97 Å². The summed E-state index contributed by atoms with van der Waals surface area (Å²) < 4.78 is 0. The van der Waals surface area contributed by atoms with Crippen LogP contribution in [0.3, 0.4) is 0 Å². The zero-order valence-electron chi connectivity index (χ0n) is 9.98. The predicted molar refractivity (Wildman–Crippen MR) is 63.8 cm³/mol. The van der Waals surface area contributed by atoms with E-state index in [1.807, 2.05) is 11.8 Å². The molecule has 1 aromatic rings. The predicted octanol–water partition coefficient (Wildman–Crippen LogP) is 0.478. The zero-order valence-corrected chi connectivity index (χ0v) is 9.98. The van der Waals surface area contributed by atoms with Crippen molar-refractivity contribution in [2.45, 2.75) is 13.0 Å². The molecule has 96 valence electrons. The van der Waals surface area contributed by atoms with Crippen LogP contribution in [0.1, 0.15) is 17.4 Å². The second kappa shape index (κ2) is 4.99. The van der Waals surface area contributed by atoms with Crippen LogP contribution in [0.4, 0.5) is 10.6 Å². The topological polar surface area (TPSA) is 86.6 Å². The van der Waals surface area contributed by atoms with Crippen molar-refractivity contribution in [3.63, 3.8) is 0 Å². The molecule has 1 amide bonds. The SMILES string of the molecule is C[C@@H]1CN(C(=O)O)CCN1c1cnc(C=O)cn1. The van der Waals surface area contributed by atoms with E-state index in [0.717, 1.165) is 0 Å². The van der Waals surface area contributed by atoms with Crippen LogP contribution in [0.2, 0.25) is 0 Å². The van der Waals surface area contributed by atoms with Crippen LogP contribution in [0.25, 0.3) is 0 Å². The van der Waals surface area contributed by atoms with Gasteiger partial charge in [0, 0.05) is 25.7 Å². The molecule has 1 fully saturated rings. The first-order chi connectivity index (χ1) is 8.61. The molecule has 0 radical (unpaired) electrons. The minimum Gasteiger partial charge on any atom is -0.465 e. The number of piperazine rings is 1. The van der Waals surface area contributed by atoms with Crippen LogP contribution in [0, 0.1) is 0 Å². The smallest absolute Gasteiger partial charge is 0.407 e. The zero-order chi connectivity index (χ0) is 13.1. The van der Waals surface area contributed by atoms with Gasteiger partial charge in [-0.05, 0) is 6.92 Å². The van der Waals surface area contributed by atoms with Crippen LogP contribution < -0.4 is 4.90 Å². The fourth-order valence-corrected chi connectivity index (χ4v) is 2.01. The third kappa shape index (κ3) is 2.39. The van der Waals surface area contributed by atoms with Gasteiger partial charge in [-0.3, -0.25) is 4.79 Å². The molecule has 2 heterocycles. The molecule has 1 atom stereocenters. The lowest BCUT2D eigenvalue weighted by molar-refractivity contribution is 0.111. The number of nitrogens with zero attached hydrogens (tertiary/aromatic N) is 4. The first kappa shape index (κ1) is 12.3. The van der Waals surface area contributed by atoms with Gasteiger partial charge >= 0.3 is 6.09 Å². The standard InChI is InChI=1S/C11H14N4O3/c1-8-6-14(11(17)18)2-3-15(8)10-5-12-9(7-16)4-13-10/h4-5,7-8H,2-3,6H2,1H3,(H,17,18)/t8-/m1/s1. The summed E-state index contributed by atoms with van der Waals surface area (Å²) in [6.07, 6.45) is 2.70. The van der Waals surface area contributed by atoms with Gasteiger partial charge in [-0.25, -0.2) is 14.8 Å². The molecule has 7 nitrogen and oxygen atoms in total. The van der Waals surface area contributed by atoms with Gasteiger partial charge in [0.15, 0.2) is 6.29 Å². The van der Waals surface area contributed by atoms with E-state index >= 15 is 0 Å². The van der Waals surface area contributed by atoms with Crippen molar-refractivity contribution in [1.82, 2.24) is 14.9 Å². The number of hydrogen-bond acceptors (Lipinski definition) is 5. The highest BCUT2D eigenvalue weighted by Gasteiger charge is 2.27. The van der Waals surface area contributed by atoms with Gasteiger partial charge < -0.3 is 14.9 Å². The van der Waals surface area contributed by atoms with E-state index in [9.17, 15) is 9.59 Å². The Morgan fingerprint density at radius 1 is 1.44 bits per heavy atom. The van der Waals surface area contributed by atoms with Gasteiger partial charge in [0.25, 0.3) is 0 Å². The maximum Gasteiger partial charge on any atom is 0.407 e. The molecule has 0 aliphatic carbocycles. The third-order valence-corrected chi connectivity index (χ3v) is 2.97. The van der Waals surface area contributed by atoms with Crippen molar-refractivity contribution >= 4 is 18.2 Å². The maximum atomic E-state index is 10.9. The van der Waals surface area contributed by atoms with Crippen LogP contribution in [0.15, 0.2) is 12.4 Å². The van der Waals surface area contributed by atoms with Crippen LogP contribution in [-0.4, -0.2) is 58.0 Å². The summed E-state index contributed by atoms with van der Waals surface area (Å²) in [6, 6.07) is 0.0335. The number of carboxylic acid groups (broad SMARTS) is 1. The third-order valence-electron chi connectivity index (χ3n) is 2.97. The second-order valence-electron chi connectivity index (χ2n) is 4.19. The Balaban J connectivity index is 2.09. The molecule has 0 spiro atoms. The van der Waals surface area contributed by atoms with Crippen molar-refractivity contribution in [3.8, 4) is 0 Å². The molecule has 2 rings (SSSR count). The van der Waals surface area contributed by atoms with Crippen molar-refractivity contribution in [3.05, 3.63) is 18.1 Å². The number of amides is 1. The molecule has 0 bridgehead atoms.